The van der Waals surface area contributed by atoms with Crippen molar-refractivity contribution in [2.75, 3.05) is 18.0 Å². The summed E-state index contributed by atoms with van der Waals surface area (Å²) < 4.78 is 18.2. The van der Waals surface area contributed by atoms with Crippen LogP contribution in [0.2, 0.25) is 0 Å². The van der Waals surface area contributed by atoms with E-state index < -0.39 is 5.97 Å². The maximum Gasteiger partial charge on any atom is 0.363 e. The molecule has 27 heavy (non-hydrogen) atoms. The Labute approximate surface area is 159 Å². The fraction of sp³-hybridized carbons (Fsp3) is 0.273. The first kappa shape index (κ1) is 18.8. The summed E-state index contributed by atoms with van der Waals surface area (Å²) in [5.74, 6) is -0.656. The lowest BCUT2D eigenvalue weighted by Crippen LogP contribution is -2.24. The molecule has 1 aliphatic heterocycles. The van der Waals surface area contributed by atoms with E-state index in [4.69, 9.17) is 4.74 Å². The van der Waals surface area contributed by atoms with Crippen molar-refractivity contribution in [1.29, 1.82) is 0 Å². The van der Waals surface area contributed by atoms with Crippen LogP contribution in [0.25, 0.3) is 6.08 Å². The zero-order valence-electron chi connectivity index (χ0n) is 15.6. The maximum atomic E-state index is 13.0. The number of ether oxygens (including phenoxy) is 1. The van der Waals surface area contributed by atoms with Crippen molar-refractivity contribution in [3.05, 3.63) is 71.2 Å². The molecule has 0 aromatic heterocycles. The molecule has 0 spiro atoms. The molecule has 0 atom stereocenters. The molecule has 0 bridgehead atoms. The van der Waals surface area contributed by atoms with Crippen molar-refractivity contribution >= 4 is 23.6 Å². The first-order valence-electron chi connectivity index (χ1n) is 9.24. The van der Waals surface area contributed by atoms with Crippen LogP contribution < -0.4 is 4.90 Å². The summed E-state index contributed by atoms with van der Waals surface area (Å²) in [6.45, 7) is 6.38. The number of carbonyl (C=O) groups is 1. The average Bonchev–Trinajstić information content (AvgIpc) is 3.03. The zero-order valence-corrected chi connectivity index (χ0v) is 15.6. The van der Waals surface area contributed by atoms with Crippen LogP contribution in [0.4, 0.5) is 10.1 Å². The Hall–Kier alpha value is -2.95. The van der Waals surface area contributed by atoms with Gasteiger partial charge in [-0.3, -0.25) is 0 Å². The molecule has 140 valence electrons. The third kappa shape index (κ3) is 4.61. The monoisotopic (exact) mass is 366 g/mol. The molecular formula is C22H23FN2O2. The first-order valence-corrected chi connectivity index (χ1v) is 9.24. The third-order valence-corrected chi connectivity index (χ3v) is 4.26. The van der Waals surface area contributed by atoms with Crippen molar-refractivity contribution in [3.63, 3.8) is 0 Å². The molecule has 3 rings (SSSR count). The number of carbonyl (C=O) groups excluding carboxylic acids is 1. The molecule has 0 unspecified atom stereocenters. The lowest BCUT2D eigenvalue weighted by molar-refractivity contribution is -0.129. The second-order valence-electron chi connectivity index (χ2n) is 6.42. The van der Waals surface area contributed by atoms with Crippen molar-refractivity contribution in [1.82, 2.24) is 0 Å². The molecule has 4 nitrogen and oxygen atoms in total. The van der Waals surface area contributed by atoms with Gasteiger partial charge >= 0.3 is 5.97 Å². The summed E-state index contributed by atoms with van der Waals surface area (Å²) in [4.78, 5) is 18.7. The van der Waals surface area contributed by atoms with Gasteiger partial charge in [-0.15, -0.1) is 0 Å². The van der Waals surface area contributed by atoms with E-state index in [1.165, 1.54) is 30.0 Å². The molecule has 0 saturated carbocycles. The van der Waals surface area contributed by atoms with E-state index in [1.807, 2.05) is 12.1 Å². The number of nitrogens with zero attached hydrogens (tertiary/aromatic N) is 2. The number of benzene rings is 2. The molecule has 2 aromatic carbocycles. The minimum absolute atomic E-state index is 0.194. The van der Waals surface area contributed by atoms with E-state index >= 15 is 0 Å². The number of cyclic esters (lactones) is 1. The number of anilines is 1. The van der Waals surface area contributed by atoms with E-state index in [1.54, 1.807) is 6.08 Å². The van der Waals surface area contributed by atoms with Crippen molar-refractivity contribution < 1.29 is 13.9 Å². The Morgan fingerprint density at radius 3 is 2.22 bits per heavy atom. The van der Waals surface area contributed by atoms with Gasteiger partial charge in [0.25, 0.3) is 0 Å². The predicted octanol–water partition coefficient (Wildman–Crippen LogP) is 4.80. The number of hydrogen-bond donors (Lipinski definition) is 0. The number of halogens is 1. The van der Waals surface area contributed by atoms with Gasteiger partial charge in [0, 0.05) is 24.3 Å². The summed E-state index contributed by atoms with van der Waals surface area (Å²) >= 11 is 0. The van der Waals surface area contributed by atoms with Gasteiger partial charge in [0.15, 0.2) is 5.70 Å². The summed E-state index contributed by atoms with van der Waals surface area (Å²) in [5.41, 5.74) is 2.85. The SMILES string of the molecule is CCCN(CCC)c1ccc(C=C2N=C(c3ccc(F)cc3)OC2=O)cc1. The van der Waals surface area contributed by atoms with E-state index in [0.717, 1.165) is 31.5 Å². The van der Waals surface area contributed by atoms with Crippen LogP contribution in [0, 0.1) is 5.82 Å². The van der Waals surface area contributed by atoms with Crippen LogP contribution in [-0.4, -0.2) is 25.0 Å². The first-order chi connectivity index (χ1) is 13.1. The van der Waals surface area contributed by atoms with Crippen LogP contribution in [0.1, 0.15) is 37.8 Å². The van der Waals surface area contributed by atoms with Gasteiger partial charge < -0.3 is 9.64 Å². The molecule has 1 heterocycles. The fourth-order valence-electron chi connectivity index (χ4n) is 2.97. The number of aliphatic imine (C=N–C) groups is 1. The Balaban J connectivity index is 1.79. The molecule has 0 radical (unpaired) electrons. The lowest BCUT2D eigenvalue weighted by Gasteiger charge is -2.23. The maximum absolute atomic E-state index is 13.0. The Kier molecular flexibility index (Phi) is 6.01. The molecule has 5 heteroatoms. The quantitative estimate of drug-likeness (QED) is 0.522. The fourth-order valence-corrected chi connectivity index (χ4v) is 2.97. The van der Waals surface area contributed by atoms with Crippen molar-refractivity contribution in [2.45, 2.75) is 26.7 Å². The van der Waals surface area contributed by atoms with Crippen molar-refractivity contribution in [2.24, 2.45) is 4.99 Å². The van der Waals surface area contributed by atoms with E-state index in [2.05, 4.69) is 35.9 Å². The minimum atomic E-state index is -0.503. The average molecular weight is 366 g/mol. The molecule has 0 fully saturated rings. The highest BCUT2D eigenvalue weighted by atomic mass is 19.1. The van der Waals surface area contributed by atoms with Crippen LogP contribution in [0.5, 0.6) is 0 Å². The topological polar surface area (TPSA) is 41.9 Å². The number of hydrogen-bond acceptors (Lipinski definition) is 4. The molecular weight excluding hydrogens is 343 g/mol. The molecule has 0 aliphatic carbocycles. The molecule has 0 N–H and O–H groups in total. The molecule has 0 amide bonds. The van der Waals surface area contributed by atoms with Crippen LogP contribution in [0.3, 0.4) is 0 Å². The number of rotatable bonds is 7. The van der Waals surface area contributed by atoms with Gasteiger partial charge in [0.2, 0.25) is 5.90 Å². The van der Waals surface area contributed by atoms with Gasteiger partial charge in [-0.2, -0.15) is 0 Å². The van der Waals surface area contributed by atoms with Crippen LogP contribution in [0.15, 0.2) is 59.2 Å². The summed E-state index contributed by atoms with van der Waals surface area (Å²) in [6.07, 6.45) is 3.89. The lowest BCUT2D eigenvalue weighted by atomic mass is 10.1. The highest BCUT2D eigenvalue weighted by Gasteiger charge is 2.24. The van der Waals surface area contributed by atoms with Gasteiger partial charge in [-0.05, 0) is 60.9 Å². The molecule has 1 aliphatic rings. The standard InChI is InChI=1S/C22H23FN2O2/c1-3-13-25(14-4-2)19-11-5-16(6-12-19)15-20-22(26)27-21(24-20)17-7-9-18(23)10-8-17/h5-12,15H,3-4,13-14H2,1-2H3. The second kappa shape index (κ2) is 8.62. The summed E-state index contributed by atoms with van der Waals surface area (Å²) in [6, 6.07) is 13.8. The van der Waals surface area contributed by atoms with Gasteiger partial charge in [0.05, 0.1) is 0 Å². The summed E-state index contributed by atoms with van der Waals surface area (Å²) in [5, 5.41) is 0. The Bertz CT molecular complexity index is 849. The Morgan fingerprint density at radius 2 is 1.63 bits per heavy atom. The normalized spacial score (nSPS) is 15.0. The van der Waals surface area contributed by atoms with Gasteiger partial charge in [-0.25, -0.2) is 14.2 Å². The van der Waals surface area contributed by atoms with Crippen LogP contribution >= 0.6 is 0 Å². The van der Waals surface area contributed by atoms with Gasteiger partial charge in [-0.1, -0.05) is 26.0 Å². The van der Waals surface area contributed by atoms with E-state index in [9.17, 15) is 9.18 Å². The second-order valence-corrected chi connectivity index (χ2v) is 6.42. The molecule has 0 saturated heterocycles. The smallest absolute Gasteiger partial charge is 0.363 e. The number of esters is 1. The highest BCUT2D eigenvalue weighted by Crippen LogP contribution is 2.21. The van der Waals surface area contributed by atoms with Crippen molar-refractivity contribution in [3.8, 4) is 0 Å². The van der Waals surface area contributed by atoms with Crippen LogP contribution in [-0.2, 0) is 9.53 Å². The van der Waals surface area contributed by atoms with E-state index in [-0.39, 0.29) is 17.4 Å². The predicted molar refractivity (Wildman–Crippen MR) is 106 cm³/mol. The van der Waals surface area contributed by atoms with E-state index in [0.29, 0.717) is 5.56 Å². The van der Waals surface area contributed by atoms with Gasteiger partial charge in [0.1, 0.15) is 5.82 Å². The Morgan fingerprint density at radius 1 is 1.00 bits per heavy atom. The zero-order chi connectivity index (χ0) is 19.2. The minimum Gasteiger partial charge on any atom is -0.402 e. The third-order valence-electron chi connectivity index (χ3n) is 4.26. The molecule has 2 aromatic rings. The highest BCUT2D eigenvalue weighted by molar-refractivity contribution is 6.12. The summed E-state index contributed by atoms with van der Waals surface area (Å²) in [7, 11) is 0. The largest absolute Gasteiger partial charge is 0.402 e.